The number of pyridine rings is 1. The zero-order valence-corrected chi connectivity index (χ0v) is 25.1. The lowest BCUT2D eigenvalue weighted by Gasteiger charge is -2.36. The van der Waals surface area contributed by atoms with Gasteiger partial charge >= 0.3 is 0 Å². The highest BCUT2D eigenvalue weighted by molar-refractivity contribution is 6.06. The standard InChI is InChI=1S/C33H35FN8O3/c1-41-12-14-42(15-13-41)29(20-45-2)32(44)39-27-9-5-8-24-25(17-36-31(24)27)30-26(34)18-37-33(40-30)38-22-10-11-35-28(16-22)23-7-4-3-6-21(23)19-43/h3-11,16-18,29,36,43H,12-15,19-20H2,1-2H3,(H,39,44)(H,35,37,38,40)/t29-/m1/s1. The van der Waals surface area contributed by atoms with Crippen molar-refractivity contribution >= 4 is 34.1 Å². The summed E-state index contributed by atoms with van der Waals surface area (Å²) in [7, 11) is 3.67. The number of nitrogens with one attached hydrogen (secondary N) is 3. The number of methoxy groups -OCH3 is 1. The molecule has 0 aliphatic carbocycles. The Kier molecular flexibility index (Phi) is 9.08. The second-order valence-electron chi connectivity index (χ2n) is 11.0. The molecule has 2 aromatic carbocycles. The lowest BCUT2D eigenvalue weighted by Crippen LogP contribution is -2.54. The summed E-state index contributed by atoms with van der Waals surface area (Å²) in [5.41, 5.74) is 4.76. The molecule has 4 N–H and O–H groups in total. The van der Waals surface area contributed by atoms with Crippen molar-refractivity contribution in [2.75, 3.05) is 57.6 Å². The van der Waals surface area contributed by atoms with E-state index in [0.29, 0.717) is 33.5 Å². The number of aliphatic hydroxyl groups is 1. The fourth-order valence-corrected chi connectivity index (χ4v) is 5.62. The van der Waals surface area contributed by atoms with Crippen LogP contribution in [0.15, 0.2) is 73.2 Å². The number of carbonyl (C=O) groups is 1. The summed E-state index contributed by atoms with van der Waals surface area (Å²) in [4.78, 5) is 34.2. The molecular formula is C33H35FN8O3. The minimum Gasteiger partial charge on any atom is -0.392 e. The molecule has 0 saturated carbocycles. The number of aromatic amines is 1. The number of piperazine rings is 1. The van der Waals surface area contributed by atoms with Crippen molar-refractivity contribution in [3.63, 3.8) is 0 Å². The minimum absolute atomic E-state index is 0.108. The van der Waals surface area contributed by atoms with Crippen LogP contribution in [0.3, 0.4) is 0 Å². The molecule has 0 bridgehead atoms. The number of hydrogen-bond acceptors (Lipinski definition) is 9. The molecule has 5 aromatic rings. The van der Waals surface area contributed by atoms with E-state index in [2.05, 4.69) is 47.4 Å². The van der Waals surface area contributed by atoms with Crippen LogP contribution in [0.5, 0.6) is 0 Å². The normalized spacial score (nSPS) is 14.8. The molecule has 1 amide bonds. The van der Waals surface area contributed by atoms with E-state index in [1.54, 1.807) is 25.6 Å². The van der Waals surface area contributed by atoms with Gasteiger partial charge in [0.15, 0.2) is 5.82 Å². The number of halogens is 1. The lowest BCUT2D eigenvalue weighted by molar-refractivity contribution is -0.124. The van der Waals surface area contributed by atoms with Gasteiger partial charge in [-0.1, -0.05) is 36.4 Å². The smallest absolute Gasteiger partial charge is 0.244 e. The number of H-pyrrole nitrogens is 1. The van der Waals surface area contributed by atoms with Gasteiger partial charge in [-0.05, 0) is 30.8 Å². The first kappa shape index (κ1) is 30.3. The molecule has 4 heterocycles. The molecule has 0 spiro atoms. The van der Waals surface area contributed by atoms with Gasteiger partial charge in [0.05, 0.1) is 36.3 Å². The van der Waals surface area contributed by atoms with Crippen LogP contribution in [0, 0.1) is 5.82 Å². The summed E-state index contributed by atoms with van der Waals surface area (Å²) < 4.78 is 20.6. The number of likely N-dealkylation sites (N-methyl/N-ethyl adjacent to an activating group) is 1. The highest BCUT2D eigenvalue weighted by Crippen LogP contribution is 2.34. The molecule has 0 radical (unpaired) electrons. The summed E-state index contributed by atoms with van der Waals surface area (Å²) in [6, 6.07) is 16.1. The Hall–Kier alpha value is -4.75. The molecule has 6 rings (SSSR count). The maximum absolute atomic E-state index is 15.2. The predicted molar refractivity (Wildman–Crippen MR) is 172 cm³/mol. The van der Waals surface area contributed by atoms with Gasteiger partial charge in [0.2, 0.25) is 11.9 Å². The Bertz CT molecular complexity index is 1800. The summed E-state index contributed by atoms with van der Waals surface area (Å²) in [6.07, 6.45) is 4.45. The van der Waals surface area contributed by atoms with Gasteiger partial charge in [-0.15, -0.1) is 0 Å². The van der Waals surface area contributed by atoms with Crippen LogP contribution < -0.4 is 10.6 Å². The van der Waals surface area contributed by atoms with Crippen molar-refractivity contribution < 1.29 is 19.0 Å². The molecule has 12 heteroatoms. The van der Waals surface area contributed by atoms with Gasteiger partial charge in [0.1, 0.15) is 11.7 Å². The topological polar surface area (TPSA) is 132 Å². The monoisotopic (exact) mass is 610 g/mol. The number of aromatic nitrogens is 4. The van der Waals surface area contributed by atoms with E-state index in [9.17, 15) is 9.90 Å². The van der Waals surface area contributed by atoms with Crippen molar-refractivity contribution in [3.8, 4) is 22.5 Å². The Morgan fingerprint density at radius 1 is 1.09 bits per heavy atom. The molecule has 1 aliphatic heterocycles. The highest BCUT2D eigenvalue weighted by Gasteiger charge is 2.29. The van der Waals surface area contributed by atoms with Crippen molar-refractivity contribution in [1.29, 1.82) is 0 Å². The number of hydrogen-bond donors (Lipinski definition) is 4. The summed E-state index contributed by atoms with van der Waals surface area (Å²) in [6.45, 7) is 3.47. The van der Waals surface area contributed by atoms with E-state index in [4.69, 9.17) is 4.74 Å². The number of amides is 1. The van der Waals surface area contributed by atoms with Crippen LogP contribution in [-0.2, 0) is 16.1 Å². The first-order chi connectivity index (χ1) is 21.9. The first-order valence-electron chi connectivity index (χ1n) is 14.7. The molecule has 45 heavy (non-hydrogen) atoms. The number of benzene rings is 2. The number of ether oxygens (including phenoxy) is 1. The minimum atomic E-state index is -0.585. The Morgan fingerprint density at radius 3 is 2.71 bits per heavy atom. The number of nitrogens with zero attached hydrogens (tertiary/aromatic N) is 5. The maximum Gasteiger partial charge on any atom is 0.244 e. The number of para-hydroxylation sites is 1. The summed E-state index contributed by atoms with van der Waals surface area (Å²) >= 11 is 0. The number of carbonyl (C=O) groups excluding carboxylic acids is 1. The van der Waals surface area contributed by atoms with Crippen molar-refractivity contribution in [2.24, 2.45) is 0 Å². The van der Waals surface area contributed by atoms with Gasteiger partial charge in [-0.2, -0.15) is 0 Å². The van der Waals surface area contributed by atoms with E-state index < -0.39 is 11.9 Å². The third-order valence-corrected chi connectivity index (χ3v) is 8.06. The number of anilines is 3. The van der Waals surface area contributed by atoms with Gasteiger partial charge < -0.3 is 30.4 Å². The van der Waals surface area contributed by atoms with Crippen LogP contribution in [0.4, 0.5) is 21.7 Å². The van der Waals surface area contributed by atoms with Gasteiger partial charge in [0, 0.05) is 67.9 Å². The molecule has 3 aromatic heterocycles. The molecule has 0 unspecified atom stereocenters. The Balaban J connectivity index is 1.25. The molecule has 1 aliphatic rings. The Morgan fingerprint density at radius 2 is 1.91 bits per heavy atom. The molecule has 1 atom stereocenters. The second-order valence-corrected chi connectivity index (χ2v) is 11.0. The molecule has 1 saturated heterocycles. The lowest BCUT2D eigenvalue weighted by atomic mass is 10.0. The maximum atomic E-state index is 15.2. The zero-order valence-electron chi connectivity index (χ0n) is 25.1. The number of fused-ring (bicyclic) bond motifs is 1. The molecular weight excluding hydrogens is 575 g/mol. The van der Waals surface area contributed by atoms with E-state index in [0.717, 1.165) is 43.5 Å². The second kappa shape index (κ2) is 13.5. The zero-order chi connectivity index (χ0) is 31.3. The van der Waals surface area contributed by atoms with Crippen molar-refractivity contribution in [2.45, 2.75) is 12.6 Å². The molecule has 232 valence electrons. The predicted octanol–water partition coefficient (Wildman–Crippen LogP) is 4.26. The van der Waals surface area contributed by atoms with Gasteiger partial charge in [0.25, 0.3) is 0 Å². The van der Waals surface area contributed by atoms with E-state index >= 15 is 4.39 Å². The van der Waals surface area contributed by atoms with E-state index in [1.165, 1.54) is 0 Å². The fourth-order valence-electron chi connectivity index (χ4n) is 5.62. The third kappa shape index (κ3) is 6.54. The van der Waals surface area contributed by atoms with Crippen molar-refractivity contribution in [3.05, 3.63) is 84.6 Å². The fraction of sp³-hybridized carbons (Fsp3) is 0.273. The first-order valence-corrected chi connectivity index (χ1v) is 14.7. The van der Waals surface area contributed by atoms with Crippen molar-refractivity contribution in [1.82, 2.24) is 29.7 Å². The summed E-state index contributed by atoms with van der Waals surface area (Å²) in [5, 5.41) is 16.7. The number of rotatable bonds is 10. The Labute approximate surface area is 260 Å². The van der Waals surface area contributed by atoms with Crippen LogP contribution in [0.1, 0.15) is 5.56 Å². The van der Waals surface area contributed by atoms with Crippen LogP contribution in [-0.4, -0.2) is 93.7 Å². The van der Waals surface area contributed by atoms with Crippen LogP contribution >= 0.6 is 0 Å². The van der Waals surface area contributed by atoms with E-state index in [1.807, 2.05) is 48.5 Å². The van der Waals surface area contributed by atoms with E-state index in [-0.39, 0.29) is 30.8 Å². The SMILES string of the molecule is COC[C@H](C(=O)Nc1cccc2c(-c3nc(Nc4ccnc(-c5ccccc5CO)c4)ncc3F)c[nH]c12)N1CCN(C)CC1. The van der Waals surface area contributed by atoms with Crippen LogP contribution in [0.25, 0.3) is 33.4 Å². The summed E-state index contributed by atoms with van der Waals surface area (Å²) in [5.74, 6) is -0.547. The van der Waals surface area contributed by atoms with Gasteiger partial charge in [-0.3, -0.25) is 14.7 Å². The van der Waals surface area contributed by atoms with Gasteiger partial charge in [-0.25, -0.2) is 14.4 Å². The quantitative estimate of drug-likeness (QED) is 0.183. The molecule has 11 nitrogen and oxygen atoms in total. The third-order valence-electron chi connectivity index (χ3n) is 8.06. The van der Waals surface area contributed by atoms with Crippen LogP contribution in [0.2, 0.25) is 0 Å². The highest BCUT2D eigenvalue weighted by atomic mass is 19.1. The number of aliphatic hydroxyl groups excluding tert-OH is 1. The largest absolute Gasteiger partial charge is 0.392 e. The molecule has 1 fully saturated rings. The average molecular weight is 611 g/mol. The average Bonchev–Trinajstić information content (AvgIpc) is 3.50.